The molecule has 0 N–H and O–H groups in total. The van der Waals surface area contributed by atoms with Crippen molar-refractivity contribution < 1.29 is 14.1 Å². The van der Waals surface area contributed by atoms with E-state index >= 15 is 0 Å². The van der Waals surface area contributed by atoms with Gasteiger partial charge in [-0.15, -0.1) is 0 Å². The monoisotopic (exact) mass is 421 g/mol. The molecule has 0 fully saturated rings. The first-order valence-corrected chi connectivity index (χ1v) is 9.89. The zero-order chi connectivity index (χ0) is 22.1. The number of benzene rings is 2. The Balaban J connectivity index is 1.67. The fourth-order valence-electron chi connectivity index (χ4n) is 3.92. The van der Waals surface area contributed by atoms with Gasteiger partial charge in [-0.1, -0.05) is 12.1 Å². The summed E-state index contributed by atoms with van der Waals surface area (Å²) in [6.07, 6.45) is 2.86. The molecule has 0 aliphatic carbocycles. The number of fused-ring (bicyclic) bond motifs is 1. The van der Waals surface area contributed by atoms with E-state index < -0.39 is 4.92 Å². The van der Waals surface area contributed by atoms with Crippen LogP contribution >= 0.6 is 0 Å². The van der Waals surface area contributed by atoms with Gasteiger partial charge in [-0.2, -0.15) is 0 Å². The molecular weight excluding hydrogens is 401 g/mol. The van der Waals surface area contributed by atoms with Crippen molar-refractivity contribution in [3.63, 3.8) is 0 Å². The zero-order valence-electron chi connectivity index (χ0n) is 16.8. The van der Waals surface area contributed by atoms with Gasteiger partial charge in [0.25, 0.3) is 17.2 Å². The van der Waals surface area contributed by atoms with Crippen LogP contribution in [0.1, 0.15) is 34.8 Å². The molecule has 0 unspecified atom stereocenters. The van der Waals surface area contributed by atoms with E-state index in [1.807, 2.05) is 6.92 Å². The Morgan fingerprint density at radius 1 is 1.19 bits per heavy atom. The predicted molar refractivity (Wildman–Crippen MR) is 114 cm³/mol. The van der Waals surface area contributed by atoms with E-state index in [2.05, 4.69) is 0 Å². The van der Waals surface area contributed by atoms with Crippen molar-refractivity contribution in [3.05, 3.63) is 104 Å². The van der Waals surface area contributed by atoms with Crippen LogP contribution in [0.4, 0.5) is 15.8 Å². The summed E-state index contributed by atoms with van der Waals surface area (Å²) in [7, 11) is 0. The topological polar surface area (TPSA) is 85.5 Å². The SMILES string of the molecule is C[C@@H]1CCc2cc(F)ccc2N1C(=O)c1ccc(=O)n(Cc2cccc([N+](=O)[O-])c2)c1. The molecule has 8 heteroatoms. The lowest BCUT2D eigenvalue weighted by atomic mass is 9.95. The van der Waals surface area contributed by atoms with Gasteiger partial charge in [-0.05, 0) is 55.2 Å². The molecule has 1 aliphatic rings. The van der Waals surface area contributed by atoms with E-state index in [0.717, 1.165) is 5.56 Å². The molecule has 1 aliphatic heterocycles. The van der Waals surface area contributed by atoms with E-state index in [-0.39, 0.29) is 35.6 Å². The highest BCUT2D eigenvalue weighted by atomic mass is 19.1. The highest BCUT2D eigenvalue weighted by Gasteiger charge is 2.29. The van der Waals surface area contributed by atoms with Gasteiger partial charge < -0.3 is 9.47 Å². The molecule has 3 aromatic rings. The highest BCUT2D eigenvalue weighted by molar-refractivity contribution is 6.07. The molecule has 2 heterocycles. The van der Waals surface area contributed by atoms with Gasteiger partial charge in [0, 0.05) is 36.1 Å². The number of hydrogen-bond donors (Lipinski definition) is 0. The van der Waals surface area contributed by atoms with E-state index in [9.17, 15) is 24.1 Å². The summed E-state index contributed by atoms with van der Waals surface area (Å²) in [5.74, 6) is -0.626. The van der Waals surface area contributed by atoms with Gasteiger partial charge in [0.15, 0.2) is 0 Å². The van der Waals surface area contributed by atoms with Crippen molar-refractivity contribution in [1.29, 1.82) is 0 Å². The average Bonchev–Trinajstić information content (AvgIpc) is 2.75. The number of nitro groups is 1. The van der Waals surface area contributed by atoms with Crippen LogP contribution < -0.4 is 10.5 Å². The Morgan fingerprint density at radius 3 is 2.77 bits per heavy atom. The number of non-ortho nitro benzene ring substituents is 1. The van der Waals surface area contributed by atoms with Crippen molar-refractivity contribution in [3.8, 4) is 0 Å². The number of carbonyl (C=O) groups excluding carboxylic acids is 1. The smallest absolute Gasteiger partial charge is 0.269 e. The van der Waals surface area contributed by atoms with Crippen molar-refractivity contribution in [2.24, 2.45) is 0 Å². The fourth-order valence-corrected chi connectivity index (χ4v) is 3.92. The number of hydrogen-bond acceptors (Lipinski definition) is 4. The van der Waals surface area contributed by atoms with Gasteiger partial charge in [-0.3, -0.25) is 19.7 Å². The van der Waals surface area contributed by atoms with E-state index in [1.54, 1.807) is 23.1 Å². The number of aryl methyl sites for hydroxylation is 1. The Morgan fingerprint density at radius 2 is 2.00 bits per heavy atom. The van der Waals surface area contributed by atoms with Crippen molar-refractivity contribution >= 4 is 17.3 Å². The molecule has 1 amide bonds. The standard InChI is InChI=1S/C23H20FN3O4/c1-15-5-6-17-12-19(24)8-9-21(17)26(15)23(29)18-7-10-22(28)25(14-18)13-16-3-2-4-20(11-16)27(30)31/h2-4,7-12,14-15H,5-6,13H2,1H3/t15-/m1/s1. The van der Waals surface area contributed by atoms with Crippen molar-refractivity contribution in [1.82, 2.24) is 4.57 Å². The second-order valence-corrected chi connectivity index (χ2v) is 7.65. The molecule has 4 rings (SSSR count). The number of anilines is 1. The van der Waals surface area contributed by atoms with Crippen LogP contribution in [0.3, 0.4) is 0 Å². The number of aromatic nitrogens is 1. The van der Waals surface area contributed by atoms with Crippen molar-refractivity contribution in [2.45, 2.75) is 32.4 Å². The average molecular weight is 421 g/mol. The third kappa shape index (κ3) is 4.09. The zero-order valence-corrected chi connectivity index (χ0v) is 16.8. The Bertz CT molecular complexity index is 1240. The lowest BCUT2D eigenvalue weighted by molar-refractivity contribution is -0.384. The fraction of sp³-hybridized carbons (Fsp3) is 0.217. The summed E-state index contributed by atoms with van der Waals surface area (Å²) >= 11 is 0. The summed E-state index contributed by atoms with van der Waals surface area (Å²) in [6, 6.07) is 13.1. The van der Waals surface area contributed by atoms with Crippen molar-refractivity contribution in [2.75, 3.05) is 4.90 Å². The van der Waals surface area contributed by atoms with Gasteiger partial charge in [0.05, 0.1) is 17.0 Å². The molecule has 0 saturated carbocycles. The van der Waals surface area contributed by atoms with Crippen LogP contribution in [-0.2, 0) is 13.0 Å². The Hall–Kier alpha value is -3.81. The molecule has 0 saturated heterocycles. The second-order valence-electron chi connectivity index (χ2n) is 7.65. The predicted octanol–water partition coefficient (Wildman–Crippen LogP) is 3.93. The summed E-state index contributed by atoms with van der Waals surface area (Å²) in [4.78, 5) is 37.8. The van der Waals surface area contributed by atoms with Crippen LogP contribution in [-0.4, -0.2) is 21.4 Å². The number of nitro benzene ring substituents is 1. The summed E-state index contributed by atoms with van der Waals surface area (Å²) in [5, 5.41) is 11.0. The molecule has 7 nitrogen and oxygen atoms in total. The molecule has 31 heavy (non-hydrogen) atoms. The number of rotatable bonds is 4. The van der Waals surface area contributed by atoms with E-state index in [1.165, 1.54) is 47.2 Å². The quantitative estimate of drug-likeness (QED) is 0.472. The molecule has 0 bridgehead atoms. The molecule has 1 aromatic heterocycles. The van der Waals surface area contributed by atoms with Crippen LogP contribution in [0.15, 0.2) is 65.6 Å². The highest BCUT2D eigenvalue weighted by Crippen LogP contribution is 2.32. The van der Waals surface area contributed by atoms with E-state index in [0.29, 0.717) is 29.7 Å². The minimum atomic E-state index is -0.496. The van der Waals surface area contributed by atoms with Crippen LogP contribution in [0.25, 0.3) is 0 Å². The van der Waals surface area contributed by atoms with Gasteiger partial charge >= 0.3 is 0 Å². The first-order chi connectivity index (χ1) is 14.8. The summed E-state index contributed by atoms with van der Waals surface area (Å²) < 4.78 is 15.0. The van der Waals surface area contributed by atoms with Crippen LogP contribution in [0.5, 0.6) is 0 Å². The first-order valence-electron chi connectivity index (χ1n) is 9.89. The molecule has 1 atom stereocenters. The minimum absolute atomic E-state index is 0.0660. The molecule has 158 valence electrons. The number of amides is 1. The summed E-state index contributed by atoms with van der Waals surface area (Å²) in [5.41, 5.74) is 1.95. The maximum Gasteiger partial charge on any atom is 0.269 e. The second kappa shape index (κ2) is 8.14. The van der Waals surface area contributed by atoms with Crippen LogP contribution in [0, 0.1) is 15.9 Å². The van der Waals surface area contributed by atoms with Gasteiger partial charge in [0.1, 0.15) is 5.82 Å². The molecule has 0 spiro atoms. The normalized spacial score (nSPS) is 15.4. The number of pyridine rings is 1. The first kappa shape index (κ1) is 20.5. The summed E-state index contributed by atoms with van der Waals surface area (Å²) in [6.45, 7) is 2.03. The third-order valence-corrected chi connectivity index (χ3v) is 5.50. The molecular formula is C23H20FN3O4. The Kier molecular flexibility index (Phi) is 5.37. The maximum absolute atomic E-state index is 13.6. The molecule has 2 aromatic carbocycles. The van der Waals surface area contributed by atoms with Gasteiger partial charge in [0.2, 0.25) is 0 Å². The maximum atomic E-state index is 13.6. The number of halogens is 1. The largest absolute Gasteiger partial charge is 0.310 e. The number of nitrogens with zero attached hydrogens (tertiary/aromatic N) is 3. The van der Waals surface area contributed by atoms with Crippen LogP contribution in [0.2, 0.25) is 0 Å². The third-order valence-electron chi connectivity index (χ3n) is 5.50. The number of carbonyl (C=O) groups is 1. The van der Waals surface area contributed by atoms with Gasteiger partial charge in [-0.25, -0.2) is 4.39 Å². The lowest BCUT2D eigenvalue weighted by Crippen LogP contribution is -2.42. The Labute approximate surface area is 177 Å². The lowest BCUT2D eigenvalue weighted by Gasteiger charge is -2.35. The van der Waals surface area contributed by atoms with E-state index in [4.69, 9.17) is 0 Å². The minimum Gasteiger partial charge on any atom is -0.310 e. The molecule has 0 radical (unpaired) electrons.